The monoisotopic (exact) mass is 360 g/mol. The van der Waals surface area contributed by atoms with E-state index in [1.165, 1.54) is 18.2 Å². The van der Waals surface area contributed by atoms with Crippen molar-refractivity contribution >= 4 is 11.9 Å². The van der Waals surface area contributed by atoms with Crippen LogP contribution in [0.2, 0.25) is 0 Å². The summed E-state index contributed by atoms with van der Waals surface area (Å²) >= 11 is 0. The summed E-state index contributed by atoms with van der Waals surface area (Å²) in [6.45, 7) is 1.14. The van der Waals surface area contributed by atoms with Gasteiger partial charge >= 0.3 is 0 Å². The fourth-order valence-corrected chi connectivity index (χ4v) is 2.32. The first-order chi connectivity index (χ1) is 12.6. The predicted octanol–water partition coefficient (Wildman–Crippen LogP) is 1.99. The van der Waals surface area contributed by atoms with Gasteiger partial charge in [0, 0.05) is 32.2 Å². The number of nitrogens with zero attached hydrogens (tertiary/aromatic N) is 1. The predicted molar refractivity (Wildman–Crippen MR) is 97.7 cm³/mol. The smallest absolute Gasteiger partial charge is 0.224 e. The minimum atomic E-state index is -0.360. The molecule has 138 valence electrons. The molecule has 2 aromatic carbocycles. The molecule has 0 radical (unpaired) electrons. The van der Waals surface area contributed by atoms with E-state index < -0.39 is 0 Å². The van der Waals surface area contributed by atoms with Crippen molar-refractivity contribution in [2.24, 2.45) is 4.99 Å². The molecule has 0 atom stereocenters. The molecule has 0 bridgehead atoms. The fourth-order valence-electron chi connectivity index (χ4n) is 2.32. The summed E-state index contributed by atoms with van der Waals surface area (Å²) in [5.74, 6) is -0.318. The molecule has 0 aromatic heterocycles. The van der Waals surface area contributed by atoms with Crippen molar-refractivity contribution in [3.63, 3.8) is 0 Å². The lowest BCUT2D eigenvalue weighted by Gasteiger charge is -2.13. The third-order valence-corrected chi connectivity index (χ3v) is 3.62. The van der Waals surface area contributed by atoms with E-state index in [1.54, 1.807) is 37.4 Å². The second kappa shape index (κ2) is 10.1. The molecule has 0 heterocycles. The van der Waals surface area contributed by atoms with E-state index in [9.17, 15) is 13.6 Å². The van der Waals surface area contributed by atoms with Gasteiger partial charge < -0.3 is 16.0 Å². The van der Waals surface area contributed by atoms with Gasteiger partial charge in [-0.2, -0.15) is 0 Å². The third kappa shape index (κ3) is 6.51. The van der Waals surface area contributed by atoms with Gasteiger partial charge in [0.15, 0.2) is 5.96 Å². The second-order valence-electron chi connectivity index (χ2n) is 5.60. The number of nitrogens with one attached hydrogen (secondary N) is 3. The van der Waals surface area contributed by atoms with Crippen LogP contribution in [0.3, 0.4) is 0 Å². The Bertz CT molecular complexity index is 765. The number of carbonyl (C=O) groups is 1. The number of benzene rings is 2. The molecule has 3 N–H and O–H groups in total. The SMILES string of the molecule is CN=C(NCCNC(=O)Cc1cccc(F)c1)NCc1ccccc1F. The van der Waals surface area contributed by atoms with Gasteiger partial charge in [-0.25, -0.2) is 8.78 Å². The molecule has 0 aliphatic rings. The summed E-state index contributed by atoms with van der Waals surface area (Å²) in [4.78, 5) is 15.9. The molecule has 0 aliphatic heterocycles. The number of hydrogen-bond acceptors (Lipinski definition) is 2. The molecule has 0 unspecified atom stereocenters. The molecule has 1 amide bonds. The topological polar surface area (TPSA) is 65.5 Å². The van der Waals surface area contributed by atoms with Crippen LogP contribution >= 0.6 is 0 Å². The Kier molecular flexibility index (Phi) is 7.54. The molecule has 7 heteroatoms. The highest BCUT2D eigenvalue weighted by atomic mass is 19.1. The van der Waals surface area contributed by atoms with Crippen molar-refractivity contribution in [1.82, 2.24) is 16.0 Å². The first kappa shape index (κ1) is 19.4. The van der Waals surface area contributed by atoms with E-state index in [0.29, 0.717) is 36.7 Å². The van der Waals surface area contributed by atoms with Crippen molar-refractivity contribution in [2.45, 2.75) is 13.0 Å². The van der Waals surface area contributed by atoms with E-state index >= 15 is 0 Å². The van der Waals surface area contributed by atoms with Crippen LogP contribution < -0.4 is 16.0 Å². The van der Waals surface area contributed by atoms with Gasteiger partial charge in [0.05, 0.1) is 6.42 Å². The fraction of sp³-hybridized carbons (Fsp3) is 0.263. The van der Waals surface area contributed by atoms with Gasteiger partial charge in [0.1, 0.15) is 11.6 Å². The van der Waals surface area contributed by atoms with Gasteiger partial charge in [0.25, 0.3) is 0 Å². The molecule has 26 heavy (non-hydrogen) atoms. The first-order valence-corrected chi connectivity index (χ1v) is 8.27. The van der Waals surface area contributed by atoms with Gasteiger partial charge in [-0.3, -0.25) is 9.79 Å². The van der Waals surface area contributed by atoms with Crippen LogP contribution in [0.4, 0.5) is 8.78 Å². The average Bonchev–Trinajstić information content (AvgIpc) is 2.62. The van der Waals surface area contributed by atoms with E-state index in [4.69, 9.17) is 0 Å². The number of carbonyl (C=O) groups excluding carboxylic acids is 1. The number of aliphatic imine (C=N–C) groups is 1. The van der Waals surface area contributed by atoms with Crippen LogP contribution in [0.25, 0.3) is 0 Å². The summed E-state index contributed by atoms with van der Waals surface area (Å²) in [6.07, 6.45) is 0.123. The number of halogens is 2. The maximum absolute atomic E-state index is 13.6. The first-order valence-electron chi connectivity index (χ1n) is 8.27. The van der Waals surface area contributed by atoms with E-state index in [-0.39, 0.29) is 24.0 Å². The Balaban J connectivity index is 1.67. The summed E-state index contributed by atoms with van der Waals surface area (Å²) in [7, 11) is 1.61. The highest BCUT2D eigenvalue weighted by Crippen LogP contribution is 2.05. The lowest BCUT2D eigenvalue weighted by Crippen LogP contribution is -2.41. The summed E-state index contributed by atoms with van der Waals surface area (Å²) in [6, 6.07) is 12.5. The van der Waals surface area contributed by atoms with Crippen molar-refractivity contribution < 1.29 is 13.6 Å². The van der Waals surface area contributed by atoms with Gasteiger partial charge in [-0.05, 0) is 23.8 Å². The molecule has 0 saturated heterocycles. The van der Waals surface area contributed by atoms with E-state index in [0.717, 1.165) is 0 Å². The van der Waals surface area contributed by atoms with E-state index in [2.05, 4.69) is 20.9 Å². The molecule has 0 spiro atoms. The lowest BCUT2D eigenvalue weighted by molar-refractivity contribution is -0.120. The standard InChI is InChI=1S/C19H22F2N4O/c1-22-19(25-13-15-6-2-3-8-17(15)21)24-10-9-23-18(26)12-14-5-4-7-16(20)11-14/h2-8,11H,9-10,12-13H2,1H3,(H,23,26)(H2,22,24,25). The molecule has 0 aliphatic carbocycles. The zero-order valence-electron chi connectivity index (χ0n) is 14.6. The summed E-state index contributed by atoms with van der Waals surface area (Å²) in [5.41, 5.74) is 1.16. The van der Waals surface area contributed by atoms with Crippen molar-refractivity contribution in [3.8, 4) is 0 Å². The van der Waals surface area contributed by atoms with Crippen LogP contribution in [-0.4, -0.2) is 32.0 Å². The van der Waals surface area contributed by atoms with Gasteiger partial charge in [-0.15, -0.1) is 0 Å². The van der Waals surface area contributed by atoms with Crippen LogP contribution in [0.1, 0.15) is 11.1 Å². The van der Waals surface area contributed by atoms with E-state index in [1.807, 2.05) is 0 Å². The molecule has 0 fully saturated rings. The Morgan fingerprint density at radius 3 is 2.50 bits per heavy atom. The molecular weight excluding hydrogens is 338 g/mol. The van der Waals surface area contributed by atoms with Crippen molar-refractivity contribution in [2.75, 3.05) is 20.1 Å². The average molecular weight is 360 g/mol. The summed E-state index contributed by atoms with van der Waals surface area (Å²) in [5, 5.41) is 8.78. The van der Waals surface area contributed by atoms with Crippen LogP contribution in [-0.2, 0) is 17.8 Å². The lowest BCUT2D eigenvalue weighted by atomic mass is 10.1. The highest BCUT2D eigenvalue weighted by Gasteiger charge is 2.05. The second-order valence-corrected chi connectivity index (χ2v) is 5.60. The molecule has 2 rings (SSSR count). The maximum atomic E-state index is 13.6. The molecular formula is C19H22F2N4O. The number of guanidine groups is 1. The van der Waals surface area contributed by atoms with Crippen molar-refractivity contribution in [3.05, 3.63) is 71.3 Å². The zero-order chi connectivity index (χ0) is 18.8. The minimum Gasteiger partial charge on any atom is -0.355 e. The summed E-state index contributed by atoms with van der Waals surface area (Å²) < 4.78 is 26.7. The molecule has 2 aromatic rings. The number of hydrogen-bond donors (Lipinski definition) is 3. The number of amides is 1. The Labute approximate surface area is 151 Å². The molecule has 5 nitrogen and oxygen atoms in total. The van der Waals surface area contributed by atoms with Gasteiger partial charge in [0.2, 0.25) is 5.91 Å². The Morgan fingerprint density at radius 1 is 1.00 bits per heavy atom. The molecule has 0 saturated carbocycles. The minimum absolute atomic E-state index is 0.123. The van der Waals surface area contributed by atoms with Gasteiger partial charge in [-0.1, -0.05) is 30.3 Å². The van der Waals surface area contributed by atoms with Crippen LogP contribution in [0.5, 0.6) is 0 Å². The third-order valence-electron chi connectivity index (χ3n) is 3.62. The largest absolute Gasteiger partial charge is 0.355 e. The highest BCUT2D eigenvalue weighted by molar-refractivity contribution is 5.80. The normalized spacial score (nSPS) is 11.1. The Morgan fingerprint density at radius 2 is 1.77 bits per heavy atom. The quantitative estimate of drug-likeness (QED) is 0.402. The number of rotatable bonds is 7. The van der Waals surface area contributed by atoms with Crippen LogP contribution in [0, 0.1) is 11.6 Å². The Hall–Kier alpha value is -2.96. The maximum Gasteiger partial charge on any atom is 0.224 e. The van der Waals surface area contributed by atoms with Crippen LogP contribution in [0.15, 0.2) is 53.5 Å². The zero-order valence-corrected chi connectivity index (χ0v) is 14.6. The van der Waals surface area contributed by atoms with Crippen molar-refractivity contribution in [1.29, 1.82) is 0 Å².